The van der Waals surface area contributed by atoms with Gasteiger partial charge in [0.05, 0.1) is 6.26 Å². The van der Waals surface area contributed by atoms with Crippen LogP contribution in [-0.2, 0) is 10.0 Å². The minimum Gasteiger partial charge on any atom is -0.357 e. The van der Waals surface area contributed by atoms with Gasteiger partial charge in [0.15, 0.2) is 5.96 Å². The summed E-state index contributed by atoms with van der Waals surface area (Å²) in [4.78, 5) is 4.38. The van der Waals surface area contributed by atoms with Crippen LogP contribution in [0.2, 0.25) is 0 Å². The molecule has 1 atom stereocenters. The topological polar surface area (TPSA) is 82.6 Å². The molecule has 0 saturated carbocycles. The predicted octanol–water partition coefficient (Wildman–Crippen LogP) is 0.279. The van der Waals surface area contributed by atoms with Gasteiger partial charge >= 0.3 is 0 Å². The van der Waals surface area contributed by atoms with Crippen molar-refractivity contribution in [1.29, 1.82) is 0 Å². The van der Waals surface area contributed by atoms with E-state index in [-0.39, 0.29) is 0 Å². The maximum Gasteiger partial charge on any atom is 0.208 e. The van der Waals surface area contributed by atoms with Gasteiger partial charge in [-0.25, -0.2) is 13.1 Å². The molecule has 1 unspecified atom stereocenters. The molecule has 0 aromatic heterocycles. The summed E-state index contributed by atoms with van der Waals surface area (Å²) in [6.07, 6.45) is 2.87. The lowest BCUT2D eigenvalue weighted by Gasteiger charge is -2.16. The van der Waals surface area contributed by atoms with Crippen LogP contribution in [-0.4, -0.2) is 46.3 Å². The zero-order valence-electron chi connectivity index (χ0n) is 11.8. The quantitative estimate of drug-likeness (QED) is 0.338. The predicted molar refractivity (Wildman–Crippen MR) is 76.3 cm³/mol. The van der Waals surface area contributed by atoms with Crippen LogP contribution in [0.5, 0.6) is 0 Å². The van der Waals surface area contributed by atoms with E-state index in [1.807, 2.05) is 6.92 Å². The molecule has 0 radical (unpaired) electrons. The summed E-state index contributed by atoms with van der Waals surface area (Å²) in [5.74, 6) is 0.784. The molecule has 0 bridgehead atoms. The van der Waals surface area contributed by atoms with E-state index in [1.165, 1.54) is 0 Å². The van der Waals surface area contributed by atoms with Gasteiger partial charge in [-0.1, -0.05) is 6.92 Å². The van der Waals surface area contributed by atoms with Gasteiger partial charge in [0, 0.05) is 25.7 Å². The van der Waals surface area contributed by atoms with Crippen LogP contribution in [0.15, 0.2) is 4.99 Å². The fraction of sp³-hybridized carbons (Fsp3) is 0.909. The Morgan fingerprint density at radius 1 is 1.33 bits per heavy atom. The summed E-state index contributed by atoms with van der Waals surface area (Å²) in [5, 5.41) is 6.43. The highest BCUT2D eigenvalue weighted by atomic mass is 32.2. The lowest BCUT2D eigenvalue weighted by Crippen LogP contribution is -2.42. The van der Waals surface area contributed by atoms with E-state index >= 15 is 0 Å². The van der Waals surface area contributed by atoms with Crippen molar-refractivity contribution in [1.82, 2.24) is 15.4 Å². The van der Waals surface area contributed by atoms with Crippen LogP contribution in [0.1, 0.15) is 33.6 Å². The van der Waals surface area contributed by atoms with Gasteiger partial charge in [-0.05, 0) is 26.7 Å². The van der Waals surface area contributed by atoms with Crippen LogP contribution >= 0.6 is 0 Å². The first-order valence-electron chi connectivity index (χ1n) is 6.38. The van der Waals surface area contributed by atoms with Gasteiger partial charge in [-0.3, -0.25) is 4.99 Å². The molecule has 0 aromatic rings. The SMILES string of the molecule is CCNC(=NCCCNS(C)(=O)=O)NC(C)CC. The minimum absolute atomic E-state index is 0.372. The van der Waals surface area contributed by atoms with E-state index in [2.05, 4.69) is 34.2 Å². The summed E-state index contributed by atoms with van der Waals surface area (Å²) in [6.45, 7) is 8.04. The Morgan fingerprint density at radius 3 is 2.50 bits per heavy atom. The fourth-order valence-corrected chi connectivity index (χ4v) is 1.70. The number of hydrogen-bond donors (Lipinski definition) is 3. The van der Waals surface area contributed by atoms with Crippen molar-refractivity contribution >= 4 is 16.0 Å². The summed E-state index contributed by atoms with van der Waals surface area (Å²) in [6, 6.07) is 0.372. The summed E-state index contributed by atoms with van der Waals surface area (Å²) >= 11 is 0. The van der Waals surface area contributed by atoms with E-state index in [1.54, 1.807) is 0 Å². The summed E-state index contributed by atoms with van der Waals surface area (Å²) in [7, 11) is -3.09. The normalized spacial score (nSPS) is 14.3. The van der Waals surface area contributed by atoms with Crippen molar-refractivity contribution < 1.29 is 8.42 Å². The molecule has 0 amide bonds. The van der Waals surface area contributed by atoms with E-state index in [9.17, 15) is 8.42 Å². The Bertz CT molecular complexity index is 341. The molecule has 3 N–H and O–H groups in total. The van der Waals surface area contributed by atoms with Crippen LogP contribution in [0.3, 0.4) is 0 Å². The van der Waals surface area contributed by atoms with Crippen LogP contribution in [0.4, 0.5) is 0 Å². The molecule has 0 aromatic carbocycles. The highest BCUT2D eigenvalue weighted by Crippen LogP contribution is 1.88. The van der Waals surface area contributed by atoms with Gasteiger partial charge in [0.1, 0.15) is 0 Å². The summed E-state index contributed by atoms with van der Waals surface area (Å²) in [5.41, 5.74) is 0. The van der Waals surface area contributed by atoms with Gasteiger partial charge in [-0.15, -0.1) is 0 Å². The van der Waals surface area contributed by atoms with Gasteiger partial charge in [0.2, 0.25) is 10.0 Å². The highest BCUT2D eigenvalue weighted by Gasteiger charge is 2.02. The Labute approximate surface area is 111 Å². The average molecular weight is 278 g/mol. The molecule has 6 nitrogen and oxygen atoms in total. The van der Waals surface area contributed by atoms with Crippen molar-refractivity contribution in [2.75, 3.05) is 25.9 Å². The Hall–Kier alpha value is -0.820. The van der Waals surface area contributed by atoms with Gasteiger partial charge < -0.3 is 10.6 Å². The van der Waals surface area contributed by atoms with Crippen molar-refractivity contribution in [2.45, 2.75) is 39.7 Å². The third-order valence-corrected chi connectivity index (χ3v) is 3.04. The average Bonchev–Trinajstić information content (AvgIpc) is 2.27. The zero-order chi connectivity index (χ0) is 14.0. The molecule has 0 fully saturated rings. The lowest BCUT2D eigenvalue weighted by molar-refractivity contribution is 0.585. The number of rotatable bonds is 8. The van der Waals surface area contributed by atoms with Crippen LogP contribution < -0.4 is 15.4 Å². The standard InChI is InChI=1S/C11H26N4O2S/c1-5-10(3)15-11(12-6-2)13-8-7-9-14-18(4,16)17/h10,14H,5-9H2,1-4H3,(H2,12,13,15). The van der Waals surface area contributed by atoms with Crippen molar-refractivity contribution in [2.24, 2.45) is 4.99 Å². The molecular formula is C11H26N4O2S. The smallest absolute Gasteiger partial charge is 0.208 e. The molecule has 0 heterocycles. The number of aliphatic imine (C=N–C) groups is 1. The highest BCUT2D eigenvalue weighted by molar-refractivity contribution is 7.88. The van der Waals surface area contributed by atoms with E-state index in [4.69, 9.17) is 0 Å². The molecule has 0 aliphatic heterocycles. The van der Waals surface area contributed by atoms with Crippen molar-refractivity contribution in [3.63, 3.8) is 0 Å². The third kappa shape index (κ3) is 10.3. The number of nitrogens with one attached hydrogen (secondary N) is 3. The second-order valence-electron chi connectivity index (χ2n) is 4.23. The van der Waals surface area contributed by atoms with E-state index in [0.717, 1.165) is 25.2 Å². The van der Waals surface area contributed by atoms with E-state index in [0.29, 0.717) is 25.6 Å². The fourth-order valence-electron chi connectivity index (χ4n) is 1.18. The monoisotopic (exact) mass is 278 g/mol. The molecule has 7 heteroatoms. The molecule has 0 spiro atoms. The number of sulfonamides is 1. The number of guanidine groups is 1. The summed E-state index contributed by atoms with van der Waals surface area (Å²) < 4.78 is 24.1. The maximum atomic E-state index is 10.8. The van der Waals surface area contributed by atoms with Crippen LogP contribution in [0, 0.1) is 0 Å². The number of nitrogens with zero attached hydrogens (tertiary/aromatic N) is 1. The number of hydrogen-bond acceptors (Lipinski definition) is 3. The Morgan fingerprint density at radius 2 is 2.00 bits per heavy atom. The zero-order valence-corrected chi connectivity index (χ0v) is 12.6. The molecule has 0 aliphatic carbocycles. The van der Waals surface area contributed by atoms with Gasteiger partial charge in [0.25, 0.3) is 0 Å². The first-order valence-corrected chi connectivity index (χ1v) is 8.27. The van der Waals surface area contributed by atoms with Gasteiger partial charge in [-0.2, -0.15) is 0 Å². The first kappa shape index (κ1) is 17.2. The second-order valence-corrected chi connectivity index (χ2v) is 6.07. The molecule has 0 rings (SSSR count). The Kier molecular flexibility index (Phi) is 8.74. The lowest BCUT2D eigenvalue weighted by atomic mass is 10.3. The maximum absolute atomic E-state index is 10.8. The van der Waals surface area contributed by atoms with Crippen molar-refractivity contribution in [3.8, 4) is 0 Å². The van der Waals surface area contributed by atoms with Crippen LogP contribution in [0.25, 0.3) is 0 Å². The largest absolute Gasteiger partial charge is 0.357 e. The molecule has 0 aliphatic rings. The third-order valence-electron chi connectivity index (χ3n) is 2.31. The Balaban J connectivity index is 4.00. The molecule has 18 heavy (non-hydrogen) atoms. The van der Waals surface area contributed by atoms with E-state index < -0.39 is 10.0 Å². The second kappa shape index (κ2) is 9.16. The molecule has 108 valence electrons. The minimum atomic E-state index is -3.09. The molecule has 0 saturated heterocycles. The van der Waals surface area contributed by atoms with Crippen molar-refractivity contribution in [3.05, 3.63) is 0 Å². The molecular weight excluding hydrogens is 252 g/mol. The first-order chi connectivity index (χ1) is 8.39.